The van der Waals surface area contributed by atoms with E-state index in [-0.39, 0.29) is 23.7 Å². The molecule has 2 saturated heterocycles. The van der Waals surface area contributed by atoms with Gasteiger partial charge in [0.1, 0.15) is 0 Å². The molecule has 2 unspecified atom stereocenters. The number of amides is 1. The largest absolute Gasteiger partial charge is 0.338 e. The van der Waals surface area contributed by atoms with Crippen LogP contribution in [0.1, 0.15) is 51.9 Å². The van der Waals surface area contributed by atoms with Crippen molar-refractivity contribution in [3.8, 4) is 0 Å². The number of carbonyl (C=O) groups excluding carboxylic acids is 1. The Hall–Kier alpha value is -0.660. The molecule has 0 bridgehead atoms. The molecule has 0 aromatic rings. The Morgan fingerprint density at radius 2 is 1.82 bits per heavy atom. The van der Waals surface area contributed by atoms with Crippen molar-refractivity contribution in [2.45, 2.75) is 64.0 Å². The summed E-state index contributed by atoms with van der Waals surface area (Å²) in [7, 11) is -3.18. The van der Waals surface area contributed by atoms with E-state index in [2.05, 4.69) is 0 Å². The molecule has 2 atom stereocenters. The number of nitrogens with zero attached hydrogens (tertiary/aromatic N) is 2. The maximum atomic E-state index is 12.4. The molecule has 2 aliphatic heterocycles. The Labute approximate surface area is 134 Å². The molecule has 22 heavy (non-hydrogen) atoms. The minimum absolute atomic E-state index is 0.0300. The summed E-state index contributed by atoms with van der Waals surface area (Å²) in [5, 5.41) is 0. The zero-order valence-electron chi connectivity index (χ0n) is 13.5. The molecule has 0 aromatic heterocycles. The van der Waals surface area contributed by atoms with Crippen molar-refractivity contribution in [1.29, 1.82) is 0 Å². The molecule has 2 heterocycles. The average Bonchev–Trinajstić information content (AvgIpc) is 3.02. The van der Waals surface area contributed by atoms with Gasteiger partial charge < -0.3 is 10.6 Å². The van der Waals surface area contributed by atoms with E-state index in [1.807, 2.05) is 11.8 Å². The van der Waals surface area contributed by atoms with Crippen LogP contribution in [0, 0.1) is 0 Å². The van der Waals surface area contributed by atoms with E-state index < -0.39 is 10.0 Å². The molecular formula is C15H29N3O3S. The predicted molar refractivity (Wildman–Crippen MR) is 86.8 cm³/mol. The SMILES string of the molecule is CC(N)C1CCCCN1C(=O)CCCS(=O)(=O)N1CCCC1. The Kier molecular flexibility index (Phi) is 6.23. The van der Waals surface area contributed by atoms with Crippen LogP contribution in [0.4, 0.5) is 0 Å². The highest BCUT2D eigenvalue weighted by Gasteiger charge is 2.30. The molecular weight excluding hydrogens is 302 g/mol. The molecule has 2 rings (SSSR count). The maximum absolute atomic E-state index is 12.4. The van der Waals surface area contributed by atoms with Crippen LogP contribution in [0.2, 0.25) is 0 Å². The van der Waals surface area contributed by atoms with Crippen LogP contribution in [0.3, 0.4) is 0 Å². The monoisotopic (exact) mass is 331 g/mol. The minimum Gasteiger partial charge on any atom is -0.338 e. The number of hydrogen-bond acceptors (Lipinski definition) is 4. The molecule has 1 amide bonds. The third-order valence-electron chi connectivity index (χ3n) is 4.73. The van der Waals surface area contributed by atoms with E-state index in [1.165, 1.54) is 0 Å². The Balaban J connectivity index is 1.81. The van der Waals surface area contributed by atoms with Crippen molar-refractivity contribution >= 4 is 15.9 Å². The Morgan fingerprint density at radius 1 is 1.18 bits per heavy atom. The highest BCUT2D eigenvalue weighted by atomic mass is 32.2. The first-order valence-corrected chi connectivity index (χ1v) is 10.1. The van der Waals surface area contributed by atoms with Crippen molar-refractivity contribution in [3.63, 3.8) is 0 Å². The molecule has 6 nitrogen and oxygen atoms in total. The van der Waals surface area contributed by atoms with Crippen molar-refractivity contribution < 1.29 is 13.2 Å². The number of carbonyl (C=O) groups is 1. The van der Waals surface area contributed by atoms with E-state index in [0.717, 1.165) is 38.6 Å². The first-order chi connectivity index (χ1) is 10.4. The van der Waals surface area contributed by atoms with Gasteiger partial charge in [-0.1, -0.05) is 0 Å². The predicted octanol–water partition coefficient (Wildman–Crippen LogP) is 0.921. The lowest BCUT2D eigenvalue weighted by Gasteiger charge is -2.38. The van der Waals surface area contributed by atoms with Gasteiger partial charge in [-0.3, -0.25) is 4.79 Å². The van der Waals surface area contributed by atoms with Crippen LogP contribution in [0.5, 0.6) is 0 Å². The molecule has 0 radical (unpaired) electrons. The van der Waals surface area contributed by atoms with Gasteiger partial charge in [-0.25, -0.2) is 12.7 Å². The van der Waals surface area contributed by atoms with Crippen LogP contribution in [0.25, 0.3) is 0 Å². The molecule has 2 aliphatic rings. The van der Waals surface area contributed by atoms with Crippen molar-refractivity contribution in [2.24, 2.45) is 5.73 Å². The van der Waals surface area contributed by atoms with Crippen molar-refractivity contribution in [3.05, 3.63) is 0 Å². The van der Waals surface area contributed by atoms with Gasteiger partial charge in [0.25, 0.3) is 0 Å². The highest BCUT2D eigenvalue weighted by molar-refractivity contribution is 7.89. The topological polar surface area (TPSA) is 83.7 Å². The molecule has 2 fully saturated rings. The summed E-state index contributed by atoms with van der Waals surface area (Å²) >= 11 is 0. The van der Waals surface area contributed by atoms with Crippen LogP contribution in [0.15, 0.2) is 0 Å². The fourth-order valence-corrected chi connectivity index (χ4v) is 5.04. The third-order valence-corrected chi connectivity index (χ3v) is 6.68. The smallest absolute Gasteiger partial charge is 0.222 e. The molecule has 128 valence electrons. The summed E-state index contributed by atoms with van der Waals surface area (Å²) in [5.41, 5.74) is 5.98. The fraction of sp³-hybridized carbons (Fsp3) is 0.933. The van der Waals surface area contributed by atoms with Crippen molar-refractivity contribution in [2.75, 3.05) is 25.4 Å². The molecule has 0 aliphatic carbocycles. The summed E-state index contributed by atoms with van der Waals surface area (Å²) in [6, 6.07) is 0.0778. The lowest BCUT2D eigenvalue weighted by atomic mass is 9.96. The number of hydrogen-bond donors (Lipinski definition) is 1. The van der Waals surface area contributed by atoms with Gasteiger partial charge in [0.15, 0.2) is 0 Å². The van der Waals surface area contributed by atoms with E-state index in [1.54, 1.807) is 4.31 Å². The standard InChI is InChI=1S/C15H29N3O3S/c1-13(16)14-7-2-3-11-18(14)15(19)8-6-12-22(20,21)17-9-4-5-10-17/h13-14H,2-12,16H2,1H3. The van der Waals surface area contributed by atoms with E-state index in [0.29, 0.717) is 25.9 Å². The van der Waals surface area contributed by atoms with Gasteiger partial charge >= 0.3 is 0 Å². The lowest BCUT2D eigenvalue weighted by molar-refractivity contribution is -0.135. The van der Waals surface area contributed by atoms with Gasteiger partial charge in [0.05, 0.1) is 5.75 Å². The summed E-state index contributed by atoms with van der Waals surface area (Å²) in [5.74, 6) is 0.133. The second kappa shape index (κ2) is 7.75. The number of likely N-dealkylation sites (tertiary alicyclic amines) is 1. The summed E-state index contributed by atoms with van der Waals surface area (Å²) in [4.78, 5) is 14.3. The molecule has 0 aromatic carbocycles. The molecule has 0 saturated carbocycles. The third kappa shape index (κ3) is 4.43. The molecule has 0 spiro atoms. The quantitative estimate of drug-likeness (QED) is 0.784. The Morgan fingerprint density at radius 3 is 2.45 bits per heavy atom. The van der Waals surface area contributed by atoms with E-state index in [9.17, 15) is 13.2 Å². The zero-order valence-corrected chi connectivity index (χ0v) is 14.4. The Bertz CT molecular complexity index is 472. The number of piperidine rings is 1. The van der Waals surface area contributed by atoms with Crippen LogP contribution in [-0.2, 0) is 14.8 Å². The number of nitrogens with two attached hydrogens (primary N) is 1. The number of sulfonamides is 1. The highest BCUT2D eigenvalue weighted by Crippen LogP contribution is 2.21. The second-order valence-corrected chi connectivity index (χ2v) is 8.62. The number of rotatable bonds is 6. The normalized spacial score (nSPS) is 25.4. The van der Waals surface area contributed by atoms with Gasteiger partial charge in [-0.15, -0.1) is 0 Å². The first kappa shape index (κ1) is 17.7. The van der Waals surface area contributed by atoms with Gasteiger partial charge in [0, 0.05) is 38.1 Å². The second-order valence-electron chi connectivity index (χ2n) is 6.54. The minimum atomic E-state index is -3.18. The molecule has 7 heteroatoms. The van der Waals surface area contributed by atoms with Gasteiger partial charge in [-0.2, -0.15) is 0 Å². The average molecular weight is 331 g/mol. The van der Waals surface area contributed by atoms with Gasteiger partial charge in [0.2, 0.25) is 15.9 Å². The van der Waals surface area contributed by atoms with Crippen molar-refractivity contribution in [1.82, 2.24) is 9.21 Å². The molecule has 2 N–H and O–H groups in total. The van der Waals surface area contributed by atoms with Crippen LogP contribution >= 0.6 is 0 Å². The summed E-state index contributed by atoms with van der Waals surface area (Å²) < 4.78 is 25.8. The fourth-order valence-electron chi connectivity index (χ4n) is 3.46. The van der Waals surface area contributed by atoms with Gasteiger partial charge in [-0.05, 0) is 45.4 Å². The van der Waals surface area contributed by atoms with Crippen LogP contribution < -0.4 is 5.73 Å². The lowest BCUT2D eigenvalue weighted by Crippen LogP contribution is -2.51. The summed E-state index contributed by atoms with van der Waals surface area (Å²) in [6.45, 7) is 3.96. The summed E-state index contributed by atoms with van der Waals surface area (Å²) in [6.07, 6.45) is 5.68. The zero-order chi connectivity index (χ0) is 16.2. The van der Waals surface area contributed by atoms with E-state index in [4.69, 9.17) is 5.73 Å². The maximum Gasteiger partial charge on any atom is 0.222 e. The first-order valence-electron chi connectivity index (χ1n) is 8.45. The van der Waals surface area contributed by atoms with Crippen LogP contribution in [-0.4, -0.2) is 61.0 Å². The van der Waals surface area contributed by atoms with E-state index >= 15 is 0 Å².